The van der Waals surface area contributed by atoms with E-state index in [2.05, 4.69) is 10.5 Å². The number of carbonyl (C=O) groups is 1. The van der Waals surface area contributed by atoms with Crippen molar-refractivity contribution in [2.75, 3.05) is 0 Å². The van der Waals surface area contributed by atoms with E-state index in [1.807, 2.05) is 44.2 Å². The van der Waals surface area contributed by atoms with Gasteiger partial charge in [0.1, 0.15) is 0 Å². The molecule has 0 aliphatic carbocycles. The predicted octanol–water partition coefficient (Wildman–Crippen LogP) is 1.51. The summed E-state index contributed by atoms with van der Waals surface area (Å²) in [6, 6.07) is 9.36. The number of carbonyl (C=O) groups excluding carboxylic acids is 1. The highest BCUT2D eigenvalue weighted by atomic mass is 16.4. The zero-order chi connectivity index (χ0) is 14.3. The monoisotopic (exact) mass is 263 g/mol. The molecule has 0 bridgehead atoms. The lowest BCUT2D eigenvalue weighted by molar-refractivity contribution is -0.121. The molecule has 1 unspecified atom stereocenters. The first-order valence-electron chi connectivity index (χ1n) is 6.35. The quantitative estimate of drug-likeness (QED) is 0.314. The lowest BCUT2D eigenvalue weighted by Crippen LogP contribution is -2.47. The maximum absolute atomic E-state index is 11.8. The minimum atomic E-state index is -0.437. The summed E-state index contributed by atoms with van der Waals surface area (Å²) in [7, 11) is 0. The molecule has 0 fully saturated rings. The molecule has 1 amide bonds. The predicted molar refractivity (Wildman–Crippen MR) is 74.9 cm³/mol. The Bertz CT molecular complexity index is 430. The number of rotatable bonds is 6. The van der Waals surface area contributed by atoms with Gasteiger partial charge >= 0.3 is 0 Å². The van der Waals surface area contributed by atoms with Crippen LogP contribution in [0.1, 0.15) is 25.8 Å². The first-order chi connectivity index (χ1) is 9.04. The Morgan fingerprint density at radius 2 is 2.00 bits per heavy atom. The third-order valence-electron chi connectivity index (χ3n) is 2.90. The molecular weight excluding hydrogens is 242 g/mol. The average Bonchev–Trinajstić information content (AvgIpc) is 2.42. The van der Waals surface area contributed by atoms with Gasteiger partial charge in [0.25, 0.3) is 0 Å². The Labute approximate surface area is 113 Å². The SMILES string of the molecule is CC(C)C(NC(=O)CCc1ccccc1)C(N)=NO. The molecule has 5 heteroatoms. The van der Waals surface area contributed by atoms with Gasteiger partial charge in [0.15, 0.2) is 5.84 Å². The number of nitrogens with one attached hydrogen (secondary N) is 1. The van der Waals surface area contributed by atoms with Crippen molar-refractivity contribution < 1.29 is 10.0 Å². The van der Waals surface area contributed by atoms with Gasteiger partial charge in [0, 0.05) is 6.42 Å². The molecule has 0 saturated heterocycles. The molecule has 0 aliphatic rings. The van der Waals surface area contributed by atoms with Crippen LogP contribution in [0, 0.1) is 5.92 Å². The van der Waals surface area contributed by atoms with Crippen LogP contribution in [0.3, 0.4) is 0 Å². The molecule has 0 saturated carbocycles. The first-order valence-corrected chi connectivity index (χ1v) is 6.35. The van der Waals surface area contributed by atoms with E-state index in [4.69, 9.17) is 10.9 Å². The summed E-state index contributed by atoms with van der Waals surface area (Å²) in [5.41, 5.74) is 6.67. The largest absolute Gasteiger partial charge is 0.409 e. The number of amidine groups is 1. The molecule has 1 atom stereocenters. The number of amides is 1. The van der Waals surface area contributed by atoms with E-state index in [0.29, 0.717) is 12.8 Å². The summed E-state index contributed by atoms with van der Waals surface area (Å²) < 4.78 is 0. The van der Waals surface area contributed by atoms with E-state index in [1.165, 1.54) is 0 Å². The van der Waals surface area contributed by atoms with E-state index < -0.39 is 6.04 Å². The Morgan fingerprint density at radius 3 is 2.53 bits per heavy atom. The molecule has 0 heterocycles. The number of hydrogen-bond acceptors (Lipinski definition) is 3. The molecule has 1 aromatic carbocycles. The standard InChI is InChI=1S/C14H21N3O2/c1-10(2)13(14(15)17-19)16-12(18)9-8-11-6-4-3-5-7-11/h3-7,10,13,19H,8-9H2,1-2H3,(H2,15,17)(H,16,18). The zero-order valence-corrected chi connectivity index (χ0v) is 11.3. The third-order valence-corrected chi connectivity index (χ3v) is 2.90. The van der Waals surface area contributed by atoms with Gasteiger partial charge in [0.2, 0.25) is 5.91 Å². The van der Waals surface area contributed by atoms with Crippen molar-refractivity contribution in [3.05, 3.63) is 35.9 Å². The average molecular weight is 263 g/mol. The minimum absolute atomic E-state index is 0.0306. The molecule has 104 valence electrons. The number of oxime groups is 1. The lowest BCUT2D eigenvalue weighted by atomic mass is 10.0. The van der Waals surface area contributed by atoms with Gasteiger partial charge in [0.05, 0.1) is 6.04 Å². The molecule has 1 rings (SSSR count). The van der Waals surface area contributed by atoms with Crippen molar-refractivity contribution in [3.63, 3.8) is 0 Å². The van der Waals surface area contributed by atoms with Crippen LogP contribution in [-0.4, -0.2) is 23.0 Å². The minimum Gasteiger partial charge on any atom is -0.409 e. The summed E-state index contributed by atoms with van der Waals surface area (Å²) in [6.07, 6.45) is 1.06. The van der Waals surface area contributed by atoms with Gasteiger partial charge in [-0.25, -0.2) is 0 Å². The van der Waals surface area contributed by atoms with Gasteiger partial charge in [-0.2, -0.15) is 0 Å². The van der Waals surface area contributed by atoms with Gasteiger partial charge in [-0.1, -0.05) is 49.3 Å². The summed E-state index contributed by atoms with van der Waals surface area (Å²) in [5, 5.41) is 14.4. The van der Waals surface area contributed by atoms with Crippen LogP contribution in [0.4, 0.5) is 0 Å². The van der Waals surface area contributed by atoms with Crippen molar-refractivity contribution in [1.82, 2.24) is 5.32 Å². The smallest absolute Gasteiger partial charge is 0.220 e. The molecule has 0 aromatic heterocycles. The second-order valence-electron chi connectivity index (χ2n) is 4.80. The van der Waals surface area contributed by atoms with Crippen LogP contribution in [-0.2, 0) is 11.2 Å². The summed E-state index contributed by atoms with van der Waals surface area (Å²) >= 11 is 0. The Kier molecular flexibility index (Phi) is 5.85. The molecule has 4 N–H and O–H groups in total. The third kappa shape index (κ3) is 4.99. The fourth-order valence-electron chi connectivity index (χ4n) is 1.79. The van der Waals surface area contributed by atoms with Crippen LogP contribution in [0.2, 0.25) is 0 Å². The van der Waals surface area contributed by atoms with E-state index in [0.717, 1.165) is 5.56 Å². The van der Waals surface area contributed by atoms with Crippen molar-refractivity contribution >= 4 is 11.7 Å². The number of benzene rings is 1. The Hall–Kier alpha value is -2.04. The highest BCUT2D eigenvalue weighted by molar-refractivity contribution is 5.90. The van der Waals surface area contributed by atoms with Crippen LogP contribution in [0.15, 0.2) is 35.5 Å². The number of aryl methyl sites for hydroxylation is 1. The van der Waals surface area contributed by atoms with Crippen LogP contribution in [0.5, 0.6) is 0 Å². The Balaban J connectivity index is 2.50. The van der Waals surface area contributed by atoms with Gasteiger partial charge < -0.3 is 16.3 Å². The Morgan fingerprint density at radius 1 is 1.37 bits per heavy atom. The van der Waals surface area contributed by atoms with Crippen molar-refractivity contribution in [3.8, 4) is 0 Å². The number of hydrogen-bond donors (Lipinski definition) is 3. The second kappa shape index (κ2) is 7.41. The highest BCUT2D eigenvalue weighted by Gasteiger charge is 2.20. The van der Waals surface area contributed by atoms with Gasteiger partial charge in [-0.05, 0) is 17.9 Å². The summed E-state index contributed by atoms with van der Waals surface area (Å²) in [6.45, 7) is 3.81. The fourth-order valence-corrected chi connectivity index (χ4v) is 1.79. The van der Waals surface area contributed by atoms with Crippen LogP contribution < -0.4 is 11.1 Å². The lowest BCUT2D eigenvalue weighted by Gasteiger charge is -2.20. The van der Waals surface area contributed by atoms with Crippen molar-refractivity contribution in [1.29, 1.82) is 0 Å². The number of nitrogens with two attached hydrogens (primary N) is 1. The molecule has 19 heavy (non-hydrogen) atoms. The second-order valence-corrected chi connectivity index (χ2v) is 4.80. The van der Waals surface area contributed by atoms with Gasteiger partial charge in [-0.3, -0.25) is 4.79 Å². The topological polar surface area (TPSA) is 87.7 Å². The van der Waals surface area contributed by atoms with Crippen molar-refractivity contribution in [2.45, 2.75) is 32.7 Å². The molecule has 0 aliphatic heterocycles. The number of nitrogens with zero attached hydrogens (tertiary/aromatic N) is 1. The fraction of sp³-hybridized carbons (Fsp3) is 0.429. The normalized spacial score (nSPS) is 13.3. The molecule has 0 radical (unpaired) electrons. The highest BCUT2D eigenvalue weighted by Crippen LogP contribution is 2.05. The van der Waals surface area contributed by atoms with E-state index >= 15 is 0 Å². The van der Waals surface area contributed by atoms with Crippen molar-refractivity contribution in [2.24, 2.45) is 16.8 Å². The molecule has 0 spiro atoms. The molecular formula is C14H21N3O2. The van der Waals surface area contributed by atoms with Crippen LogP contribution in [0.25, 0.3) is 0 Å². The summed E-state index contributed by atoms with van der Waals surface area (Å²) in [4.78, 5) is 11.8. The van der Waals surface area contributed by atoms with E-state index in [-0.39, 0.29) is 17.7 Å². The zero-order valence-electron chi connectivity index (χ0n) is 11.3. The molecule has 5 nitrogen and oxygen atoms in total. The summed E-state index contributed by atoms with van der Waals surface area (Å²) in [5.74, 6) is -0.00575. The van der Waals surface area contributed by atoms with Crippen LogP contribution >= 0.6 is 0 Å². The maximum atomic E-state index is 11.8. The molecule has 1 aromatic rings. The van der Waals surface area contributed by atoms with E-state index in [9.17, 15) is 4.79 Å². The first kappa shape index (κ1) is 15.0. The van der Waals surface area contributed by atoms with Gasteiger partial charge in [-0.15, -0.1) is 0 Å². The maximum Gasteiger partial charge on any atom is 0.220 e. The van der Waals surface area contributed by atoms with E-state index in [1.54, 1.807) is 0 Å².